The Morgan fingerprint density at radius 1 is 0.255 bits per heavy atom. The number of hydrogen-bond donors (Lipinski definition) is 0. The van der Waals surface area contributed by atoms with Gasteiger partial charge < -0.3 is 9.80 Å². The zero-order chi connectivity index (χ0) is 36.6. The molecule has 1 aliphatic heterocycles. The molecule has 0 spiro atoms. The van der Waals surface area contributed by atoms with Crippen molar-refractivity contribution >= 4 is 0 Å². The summed E-state index contributed by atoms with van der Waals surface area (Å²) in [5.41, 5.74) is 0. The van der Waals surface area contributed by atoms with Crippen molar-refractivity contribution in [2.75, 3.05) is 13.1 Å². The second kappa shape index (κ2) is 40.5. The molecule has 1 aliphatic rings. The largest absolute Gasteiger partial charge is 0.356 e. The highest BCUT2D eigenvalue weighted by atomic mass is 15.4. The topological polar surface area (TPSA) is 6.48 Å². The summed E-state index contributed by atoms with van der Waals surface area (Å²) in [4.78, 5) is 5.48. The van der Waals surface area contributed by atoms with Gasteiger partial charge in [0.05, 0.1) is 0 Å². The molecule has 0 aliphatic carbocycles. The molecule has 0 aromatic rings. The van der Waals surface area contributed by atoms with Crippen LogP contribution in [0.5, 0.6) is 0 Å². The van der Waals surface area contributed by atoms with Crippen LogP contribution in [-0.2, 0) is 0 Å². The van der Waals surface area contributed by atoms with E-state index in [1.165, 1.54) is 276 Å². The summed E-state index contributed by atoms with van der Waals surface area (Å²) in [7, 11) is 0. The van der Waals surface area contributed by atoms with E-state index < -0.39 is 0 Å². The summed E-state index contributed by atoms with van der Waals surface area (Å²) in [6.45, 7) is 9.49. The van der Waals surface area contributed by atoms with Gasteiger partial charge >= 0.3 is 0 Å². The number of hydrogen-bond acceptors (Lipinski definition) is 2. The molecule has 0 unspecified atom stereocenters. The smallest absolute Gasteiger partial charge is 0.101 e. The van der Waals surface area contributed by atoms with Gasteiger partial charge in [0, 0.05) is 25.5 Å². The Hall–Kier alpha value is -0.660. The Kier molecular flexibility index (Phi) is 38.4. The molecule has 0 aromatic heterocycles. The monoisotopic (exact) mass is 715 g/mol. The van der Waals surface area contributed by atoms with Crippen molar-refractivity contribution in [2.24, 2.45) is 0 Å². The van der Waals surface area contributed by atoms with Gasteiger partial charge in [-0.15, -0.1) is 0 Å². The lowest BCUT2D eigenvalue weighted by Crippen LogP contribution is -2.39. The molecular formula is C49H98N2. The van der Waals surface area contributed by atoms with Gasteiger partial charge in [-0.05, 0) is 25.7 Å². The fourth-order valence-corrected chi connectivity index (χ4v) is 8.48. The molecule has 304 valence electrons. The number of nitrogens with zero attached hydrogens (tertiary/aromatic N) is 2. The average Bonchev–Trinajstić information content (AvgIpc) is 3.53. The van der Waals surface area contributed by atoms with Crippen molar-refractivity contribution in [3.05, 3.63) is 12.4 Å². The molecule has 2 heteroatoms. The maximum Gasteiger partial charge on any atom is 0.101 e. The maximum absolute atomic E-state index is 2.74. The molecule has 2 nitrogen and oxygen atoms in total. The summed E-state index contributed by atoms with van der Waals surface area (Å²) in [6.07, 6.45) is 64.9. The minimum atomic E-state index is 0.636. The van der Waals surface area contributed by atoms with Crippen molar-refractivity contribution in [2.45, 2.75) is 290 Å². The van der Waals surface area contributed by atoms with Gasteiger partial charge in [-0.25, -0.2) is 0 Å². The highest BCUT2D eigenvalue weighted by molar-refractivity contribution is 4.97. The van der Waals surface area contributed by atoms with Crippen LogP contribution in [0.4, 0.5) is 0 Å². The van der Waals surface area contributed by atoms with Crippen LogP contribution >= 0.6 is 0 Å². The zero-order valence-electron chi connectivity index (χ0n) is 36.0. The van der Waals surface area contributed by atoms with E-state index in [4.69, 9.17) is 0 Å². The third-order valence-corrected chi connectivity index (χ3v) is 12.1. The third kappa shape index (κ3) is 32.5. The Bertz CT molecular complexity index is 631. The first-order valence-corrected chi connectivity index (χ1v) is 24.5. The van der Waals surface area contributed by atoms with E-state index in [0.29, 0.717) is 6.17 Å². The van der Waals surface area contributed by atoms with E-state index in [9.17, 15) is 0 Å². The quantitative estimate of drug-likeness (QED) is 0.0580. The molecule has 1 rings (SSSR count). The van der Waals surface area contributed by atoms with Crippen molar-refractivity contribution in [1.82, 2.24) is 9.80 Å². The molecule has 1 heterocycles. The van der Waals surface area contributed by atoms with Crippen molar-refractivity contribution < 1.29 is 0 Å². The van der Waals surface area contributed by atoms with E-state index in [0.717, 1.165) is 0 Å². The maximum atomic E-state index is 2.74. The SMILES string of the molecule is CCCCCCCCCCCCCCCCN1C=CN(CCCCCCCCCCCCCCCC)C1CCCCCCCCCCCCCC. The summed E-state index contributed by atoms with van der Waals surface area (Å²) in [6, 6.07) is 0. The Balaban J connectivity index is 2.20. The van der Waals surface area contributed by atoms with E-state index in [-0.39, 0.29) is 0 Å². The summed E-state index contributed by atoms with van der Waals surface area (Å²) in [5.74, 6) is 0. The highest BCUT2D eigenvalue weighted by Gasteiger charge is 2.24. The number of rotatable bonds is 43. The van der Waals surface area contributed by atoms with E-state index in [1.807, 2.05) is 0 Å². The van der Waals surface area contributed by atoms with E-state index in [2.05, 4.69) is 43.0 Å². The van der Waals surface area contributed by atoms with Crippen LogP contribution in [0.1, 0.15) is 284 Å². The van der Waals surface area contributed by atoms with Crippen molar-refractivity contribution in [3.8, 4) is 0 Å². The number of unbranched alkanes of at least 4 members (excludes halogenated alkanes) is 37. The van der Waals surface area contributed by atoms with Gasteiger partial charge in [-0.2, -0.15) is 0 Å². The van der Waals surface area contributed by atoms with Crippen LogP contribution in [0.15, 0.2) is 12.4 Å². The summed E-state index contributed by atoms with van der Waals surface area (Å²) >= 11 is 0. The standard InChI is InChI=1S/C49H98N2/c1-4-7-10-13-16-19-22-25-27-30-33-36-39-42-45-50-47-48-51(46-43-40-37-34-31-28-26-23-20-17-14-11-8-5-2)49(50)44-41-38-35-32-29-24-21-18-15-12-9-6-3/h47-49H,4-46H2,1-3H3. The Morgan fingerprint density at radius 3 is 0.686 bits per heavy atom. The lowest BCUT2D eigenvalue weighted by molar-refractivity contribution is 0.135. The predicted octanol–water partition coefficient (Wildman–Crippen LogP) is 17.5. The van der Waals surface area contributed by atoms with Crippen molar-refractivity contribution in [1.29, 1.82) is 0 Å². The minimum Gasteiger partial charge on any atom is -0.356 e. The lowest BCUT2D eigenvalue weighted by atomic mass is 10.0. The minimum absolute atomic E-state index is 0.636. The summed E-state index contributed by atoms with van der Waals surface area (Å²) in [5, 5.41) is 0. The van der Waals surface area contributed by atoms with Crippen LogP contribution in [0, 0.1) is 0 Å². The molecule has 0 saturated heterocycles. The molecule has 0 bridgehead atoms. The van der Waals surface area contributed by atoms with Crippen LogP contribution in [-0.4, -0.2) is 29.1 Å². The Labute approximate surface area is 324 Å². The summed E-state index contributed by atoms with van der Waals surface area (Å²) < 4.78 is 0. The zero-order valence-corrected chi connectivity index (χ0v) is 36.0. The molecule has 0 amide bonds. The second-order valence-electron chi connectivity index (χ2n) is 17.1. The van der Waals surface area contributed by atoms with Crippen LogP contribution in [0.25, 0.3) is 0 Å². The first-order valence-electron chi connectivity index (χ1n) is 24.5. The normalized spacial score (nSPS) is 13.4. The van der Waals surface area contributed by atoms with Crippen molar-refractivity contribution in [3.63, 3.8) is 0 Å². The van der Waals surface area contributed by atoms with E-state index in [1.54, 1.807) is 0 Å². The van der Waals surface area contributed by atoms with Gasteiger partial charge in [0.2, 0.25) is 0 Å². The predicted molar refractivity (Wildman–Crippen MR) is 233 cm³/mol. The van der Waals surface area contributed by atoms with Crippen LogP contribution < -0.4 is 0 Å². The molecule has 0 atom stereocenters. The molecule has 51 heavy (non-hydrogen) atoms. The lowest BCUT2D eigenvalue weighted by Gasteiger charge is -2.33. The fraction of sp³-hybridized carbons (Fsp3) is 0.959. The Morgan fingerprint density at radius 2 is 0.451 bits per heavy atom. The highest BCUT2D eigenvalue weighted by Crippen LogP contribution is 2.24. The van der Waals surface area contributed by atoms with Gasteiger partial charge in [0.25, 0.3) is 0 Å². The second-order valence-corrected chi connectivity index (χ2v) is 17.1. The molecule has 0 fully saturated rings. The molecule has 0 N–H and O–H groups in total. The van der Waals surface area contributed by atoms with Crippen LogP contribution in [0.3, 0.4) is 0 Å². The van der Waals surface area contributed by atoms with Gasteiger partial charge in [-0.3, -0.25) is 0 Å². The fourth-order valence-electron chi connectivity index (χ4n) is 8.48. The van der Waals surface area contributed by atoms with Gasteiger partial charge in [0.1, 0.15) is 6.17 Å². The van der Waals surface area contributed by atoms with Crippen LogP contribution in [0.2, 0.25) is 0 Å². The molecule has 0 aromatic carbocycles. The molecule has 0 saturated carbocycles. The molecular weight excluding hydrogens is 617 g/mol. The average molecular weight is 715 g/mol. The van der Waals surface area contributed by atoms with Gasteiger partial charge in [0.15, 0.2) is 0 Å². The third-order valence-electron chi connectivity index (χ3n) is 12.1. The van der Waals surface area contributed by atoms with Gasteiger partial charge in [-0.1, -0.05) is 258 Å². The first-order chi connectivity index (χ1) is 25.3. The first kappa shape index (κ1) is 48.4. The van der Waals surface area contributed by atoms with E-state index >= 15 is 0 Å². The molecule has 0 radical (unpaired) electrons.